The van der Waals surface area contributed by atoms with Crippen LogP contribution in [0.15, 0.2) is 36.4 Å². The van der Waals surface area contributed by atoms with Gasteiger partial charge in [-0.15, -0.1) is 0 Å². The van der Waals surface area contributed by atoms with Crippen LogP contribution in [0.5, 0.6) is 0 Å². The SMILES string of the molecule is Cc1ccc(C(=O)c2ccc(CC(=O)O)n2C)cc1.O.[Na]. The second-order valence-corrected chi connectivity index (χ2v) is 4.53. The molecule has 0 fully saturated rings. The Kier molecular flexibility index (Phi) is 7.60. The molecule has 0 spiro atoms. The van der Waals surface area contributed by atoms with Crippen LogP contribution in [-0.2, 0) is 18.3 Å². The van der Waals surface area contributed by atoms with Gasteiger partial charge < -0.3 is 15.1 Å². The number of hydrogen-bond acceptors (Lipinski definition) is 2. The number of aliphatic carboxylic acids is 1. The first-order valence-corrected chi connectivity index (χ1v) is 5.97. The molecule has 0 amide bonds. The average Bonchev–Trinajstić information content (AvgIpc) is 2.70. The van der Waals surface area contributed by atoms with E-state index in [9.17, 15) is 9.59 Å². The zero-order chi connectivity index (χ0) is 14.0. The molecule has 0 atom stereocenters. The Morgan fingerprint density at radius 1 is 1.10 bits per heavy atom. The number of nitrogens with zero attached hydrogens (tertiary/aromatic N) is 1. The van der Waals surface area contributed by atoms with Gasteiger partial charge in [0, 0.05) is 47.9 Å². The van der Waals surface area contributed by atoms with E-state index >= 15 is 0 Å². The van der Waals surface area contributed by atoms with Gasteiger partial charge in [0.2, 0.25) is 5.78 Å². The van der Waals surface area contributed by atoms with E-state index in [1.165, 1.54) is 0 Å². The van der Waals surface area contributed by atoms with Crippen molar-refractivity contribution >= 4 is 41.3 Å². The van der Waals surface area contributed by atoms with Gasteiger partial charge in [0.1, 0.15) is 0 Å². The first-order chi connectivity index (χ1) is 8.99. The molecule has 0 saturated carbocycles. The van der Waals surface area contributed by atoms with Gasteiger partial charge in [0.05, 0.1) is 12.1 Å². The van der Waals surface area contributed by atoms with Gasteiger partial charge in [-0.25, -0.2) is 0 Å². The normalized spacial score (nSPS) is 9.43. The molecular formula is C15H17NNaO4. The van der Waals surface area contributed by atoms with Gasteiger partial charge in [-0.05, 0) is 19.1 Å². The van der Waals surface area contributed by atoms with Gasteiger partial charge in [0.15, 0.2) is 0 Å². The van der Waals surface area contributed by atoms with Gasteiger partial charge >= 0.3 is 5.97 Å². The van der Waals surface area contributed by atoms with E-state index in [1.54, 1.807) is 35.9 Å². The maximum absolute atomic E-state index is 12.3. The van der Waals surface area contributed by atoms with Crippen molar-refractivity contribution in [2.75, 3.05) is 0 Å². The molecule has 1 aromatic heterocycles. The molecule has 6 heteroatoms. The maximum Gasteiger partial charge on any atom is 0.309 e. The van der Waals surface area contributed by atoms with E-state index in [-0.39, 0.29) is 47.2 Å². The minimum atomic E-state index is -0.907. The fourth-order valence-corrected chi connectivity index (χ4v) is 1.97. The third kappa shape index (κ3) is 4.54. The number of hydrogen-bond donors (Lipinski definition) is 1. The topological polar surface area (TPSA) is 90.8 Å². The van der Waals surface area contributed by atoms with E-state index < -0.39 is 5.97 Å². The smallest absolute Gasteiger partial charge is 0.309 e. The quantitative estimate of drug-likeness (QED) is 0.674. The molecule has 0 aliphatic carbocycles. The van der Waals surface area contributed by atoms with Crippen LogP contribution < -0.4 is 0 Å². The van der Waals surface area contributed by atoms with Crippen LogP contribution in [0.3, 0.4) is 0 Å². The summed E-state index contributed by atoms with van der Waals surface area (Å²) >= 11 is 0. The van der Waals surface area contributed by atoms with Crippen molar-refractivity contribution in [3.63, 3.8) is 0 Å². The Hall–Kier alpha value is -1.40. The van der Waals surface area contributed by atoms with E-state index in [1.807, 2.05) is 19.1 Å². The average molecular weight is 298 g/mol. The third-order valence-electron chi connectivity index (χ3n) is 3.10. The first-order valence-electron chi connectivity index (χ1n) is 5.97. The predicted octanol–water partition coefficient (Wildman–Crippen LogP) is 0.986. The molecule has 0 bridgehead atoms. The van der Waals surface area contributed by atoms with E-state index in [0.29, 0.717) is 17.0 Å². The van der Waals surface area contributed by atoms with Crippen LogP contribution >= 0.6 is 0 Å². The molecule has 0 unspecified atom stereocenters. The number of carboxylic acids is 1. The summed E-state index contributed by atoms with van der Waals surface area (Å²) in [7, 11) is 1.71. The van der Waals surface area contributed by atoms with E-state index in [0.717, 1.165) is 5.56 Å². The number of aromatic nitrogens is 1. The zero-order valence-corrected chi connectivity index (χ0v) is 14.4. The van der Waals surface area contributed by atoms with Crippen molar-refractivity contribution in [1.29, 1.82) is 0 Å². The first kappa shape index (κ1) is 19.6. The number of carbonyl (C=O) groups is 2. The number of benzene rings is 1. The standard InChI is InChI=1S/C15H15NO3.Na.H2O/c1-10-3-5-11(6-4-10)15(19)13-8-7-12(16(13)2)9-14(17)18;;/h3-8H,9H2,1-2H3,(H,17,18);;1H2. The fraction of sp³-hybridized carbons (Fsp3) is 0.200. The molecule has 0 saturated heterocycles. The van der Waals surface area contributed by atoms with Crippen LogP contribution in [0.1, 0.15) is 27.3 Å². The summed E-state index contributed by atoms with van der Waals surface area (Å²) in [6.45, 7) is 1.96. The molecule has 1 aromatic carbocycles. The molecule has 3 N–H and O–H groups in total. The molecule has 21 heavy (non-hydrogen) atoms. The zero-order valence-electron chi connectivity index (χ0n) is 12.4. The molecule has 1 heterocycles. The van der Waals surface area contributed by atoms with Crippen molar-refractivity contribution in [1.82, 2.24) is 4.57 Å². The minimum absolute atomic E-state index is 0. The Labute approximate surface area is 145 Å². The Morgan fingerprint density at radius 2 is 1.67 bits per heavy atom. The van der Waals surface area contributed by atoms with Crippen molar-refractivity contribution in [3.05, 3.63) is 58.9 Å². The monoisotopic (exact) mass is 298 g/mol. The summed E-state index contributed by atoms with van der Waals surface area (Å²) in [5, 5.41) is 8.79. The number of carboxylic acid groups (broad SMARTS) is 1. The van der Waals surface area contributed by atoms with Crippen LogP contribution in [0.4, 0.5) is 0 Å². The van der Waals surface area contributed by atoms with Gasteiger partial charge in [-0.3, -0.25) is 9.59 Å². The van der Waals surface area contributed by atoms with E-state index in [4.69, 9.17) is 5.11 Å². The summed E-state index contributed by atoms with van der Waals surface area (Å²) in [6, 6.07) is 10.7. The van der Waals surface area contributed by atoms with E-state index in [2.05, 4.69) is 0 Å². The van der Waals surface area contributed by atoms with Crippen molar-refractivity contribution in [2.24, 2.45) is 7.05 Å². The summed E-state index contributed by atoms with van der Waals surface area (Å²) < 4.78 is 1.64. The summed E-state index contributed by atoms with van der Waals surface area (Å²) in [6.07, 6.45) is -0.0856. The molecule has 0 aliphatic heterocycles. The van der Waals surface area contributed by atoms with Crippen molar-refractivity contribution in [2.45, 2.75) is 13.3 Å². The van der Waals surface area contributed by atoms with Crippen LogP contribution in [0, 0.1) is 6.92 Å². The number of ketones is 1. The van der Waals surface area contributed by atoms with Crippen LogP contribution in [0.2, 0.25) is 0 Å². The van der Waals surface area contributed by atoms with Gasteiger partial charge in [0.25, 0.3) is 0 Å². The molecule has 1 radical (unpaired) electrons. The van der Waals surface area contributed by atoms with Gasteiger partial charge in [-0.1, -0.05) is 29.8 Å². The largest absolute Gasteiger partial charge is 0.481 e. The predicted molar refractivity (Wildman–Crippen MR) is 80.7 cm³/mol. The Bertz CT molecular complexity index is 632. The van der Waals surface area contributed by atoms with Gasteiger partial charge in [-0.2, -0.15) is 0 Å². The number of rotatable bonds is 4. The molecule has 107 valence electrons. The Morgan fingerprint density at radius 3 is 2.19 bits per heavy atom. The fourth-order valence-electron chi connectivity index (χ4n) is 1.97. The molecular weight excluding hydrogens is 281 g/mol. The number of carbonyl (C=O) groups excluding carboxylic acids is 1. The Balaban J connectivity index is 0.00000200. The van der Waals surface area contributed by atoms with Crippen LogP contribution in [0.25, 0.3) is 0 Å². The summed E-state index contributed by atoms with van der Waals surface area (Å²) in [5.41, 5.74) is 2.81. The second kappa shape index (κ2) is 8.14. The van der Waals surface area contributed by atoms with Crippen LogP contribution in [-0.4, -0.2) is 56.5 Å². The third-order valence-corrected chi connectivity index (χ3v) is 3.10. The molecule has 2 aromatic rings. The summed E-state index contributed by atoms with van der Waals surface area (Å²) in [4.78, 5) is 23.0. The maximum atomic E-state index is 12.3. The molecule has 5 nitrogen and oxygen atoms in total. The molecule has 2 rings (SSSR count). The molecule has 0 aliphatic rings. The van der Waals surface area contributed by atoms with Crippen molar-refractivity contribution in [3.8, 4) is 0 Å². The minimum Gasteiger partial charge on any atom is -0.481 e. The number of aryl methyl sites for hydroxylation is 1. The van der Waals surface area contributed by atoms with Crippen molar-refractivity contribution < 1.29 is 20.2 Å². The summed E-state index contributed by atoms with van der Waals surface area (Å²) in [5.74, 6) is -1.00. The second-order valence-electron chi connectivity index (χ2n) is 4.53.